The number of hydrogen-bond acceptors (Lipinski definition) is 2. The minimum absolute atomic E-state index is 0.0816. The van der Waals surface area contributed by atoms with Crippen LogP contribution in [0.3, 0.4) is 0 Å². The van der Waals surface area contributed by atoms with Gasteiger partial charge in [0, 0.05) is 31.2 Å². The highest BCUT2D eigenvalue weighted by Crippen LogP contribution is 2.60. The van der Waals surface area contributed by atoms with Crippen LogP contribution < -0.4 is 9.78 Å². The molecule has 0 fully saturated rings. The van der Waals surface area contributed by atoms with Crippen LogP contribution >= 0.6 is 11.3 Å². The van der Waals surface area contributed by atoms with E-state index < -0.39 is 0 Å². The molecule has 2 aliphatic carbocycles. The van der Waals surface area contributed by atoms with Gasteiger partial charge in [0.25, 0.3) is 0 Å². The van der Waals surface area contributed by atoms with Crippen molar-refractivity contribution in [2.45, 2.75) is 19.3 Å². The summed E-state index contributed by atoms with van der Waals surface area (Å²) in [6, 6.07) is 55.1. The highest BCUT2D eigenvalue weighted by atomic mass is 32.1. The van der Waals surface area contributed by atoms with Gasteiger partial charge in [-0.1, -0.05) is 141 Å². The Bertz CT molecular complexity index is 3130. The van der Waals surface area contributed by atoms with Gasteiger partial charge in [-0.25, -0.2) is 4.68 Å². The van der Waals surface area contributed by atoms with Gasteiger partial charge in [0.15, 0.2) is 0 Å². The third-order valence-electron chi connectivity index (χ3n) is 11.8. The second-order valence-corrected chi connectivity index (χ2v) is 16.0. The maximum absolute atomic E-state index is 5.23. The second-order valence-electron chi connectivity index (χ2n) is 14.9. The smallest absolute Gasteiger partial charge is 0.132 e. The topological polar surface area (TPSA) is 30.9 Å². The molecule has 8 aromatic carbocycles. The summed E-state index contributed by atoms with van der Waals surface area (Å²) >= 11 is 1.92. The molecule has 3 nitrogen and oxygen atoms in total. The lowest BCUT2D eigenvalue weighted by molar-refractivity contribution is -0.650. The van der Waals surface area contributed by atoms with E-state index in [9.17, 15) is 0 Å². The fraction of sp³-hybridized carbons (Fsp3) is 0.0612. The van der Waals surface area contributed by atoms with Crippen LogP contribution in [0.15, 0.2) is 152 Å². The Kier molecular flexibility index (Phi) is 5.72. The van der Waals surface area contributed by atoms with Crippen molar-refractivity contribution in [3.63, 3.8) is 0 Å². The zero-order valence-corrected chi connectivity index (χ0v) is 30.0. The zero-order chi connectivity index (χ0) is 35.0. The molecule has 0 bridgehead atoms. The molecule has 0 radical (unpaired) electrons. The van der Waals surface area contributed by atoms with E-state index in [4.69, 9.17) is 10.1 Å². The van der Waals surface area contributed by atoms with E-state index in [-0.39, 0.29) is 5.41 Å². The Morgan fingerprint density at radius 1 is 0.509 bits per heavy atom. The van der Waals surface area contributed by atoms with Crippen molar-refractivity contribution in [3.05, 3.63) is 163 Å². The van der Waals surface area contributed by atoms with Crippen LogP contribution in [0.1, 0.15) is 25.0 Å². The molecule has 0 saturated carbocycles. The lowest BCUT2D eigenvalue weighted by atomic mass is 9.80. The predicted octanol–water partition coefficient (Wildman–Crippen LogP) is 12.3. The van der Waals surface area contributed by atoms with Crippen LogP contribution in [0.2, 0.25) is 0 Å². The van der Waals surface area contributed by atoms with Gasteiger partial charge in [-0.05, 0) is 102 Å². The molecule has 0 spiro atoms. The van der Waals surface area contributed by atoms with Gasteiger partial charge in [0.1, 0.15) is 11.5 Å². The first kappa shape index (κ1) is 29.2. The summed E-state index contributed by atoms with van der Waals surface area (Å²) in [5.74, 6) is 1.53. The van der Waals surface area contributed by atoms with Crippen molar-refractivity contribution < 1.29 is 4.68 Å². The molecular formula is C49H31N3S. The third-order valence-corrected chi connectivity index (χ3v) is 12.9. The Morgan fingerprint density at radius 3 is 2.02 bits per heavy atom. The molecule has 0 atom stereocenters. The van der Waals surface area contributed by atoms with Gasteiger partial charge < -0.3 is 4.98 Å². The van der Waals surface area contributed by atoms with Crippen molar-refractivity contribution in [1.82, 2.24) is 10.1 Å². The minimum Gasteiger partial charge on any atom is -0.397 e. The van der Waals surface area contributed by atoms with Crippen LogP contribution in [-0.4, -0.2) is 4.98 Å². The fourth-order valence-electron chi connectivity index (χ4n) is 9.44. The molecule has 53 heavy (non-hydrogen) atoms. The molecular weight excluding hydrogens is 663 g/mol. The van der Waals surface area contributed by atoms with Crippen molar-refractivity contribution in [3.8, 4) is 61.8 Å². The van der Waals surface area contributed by atoms with E-state index in [1.807, 2.05) is 40.3 Å². The van der Waals surface area contributed by atoms with E-state index >= 15 is 0 Å². The molecule has 2 aliphatic rings. The number of para-hydroxylation sites is 1. The Morgan fingerprint density at radius 2 is 1.19 bits per heavy atom. The molecule has 2 aromatic heterocycles. The summed E-state index contributed by atoms with van der Waals surface area (Å²) in [7, 11) is 0. The van der Waals surface area contributed by atoms with E-state index in [0.29, 0.717) is 5.82 Å². The Hall–Kier alpha value is -6.36. The number of aromatic nitrogens is 3. The highest BCUT2D eigenvalue weighted by Gasteiger charge is 2.40. The predicted molar refractivity (Wildman–Crippen MR) is 220 cm³/mol. The first-order valence-electron chi connectivity index (χ1n) is 18.3. The fourth-order valence-corrected chi connectivity index (χ4v) is 10.6. The molecule has 2 heterocycles. The van der Waals surface area contributed by atoms with Gasteiger partial charge in [0.05, 0.1) is 0 Å². The summed E-state index contributed by atoms with van der Waals surface area (Å²) < 4.78 is 4.66. The largest absolute Gasteiger partial charge is 0.397 e. The highest BCUT2D eigenvalue weighted by molar-refractivity contribution is 7.26. The summed E-state index contributed by atoms with van der Waals surface area (Å²) in [6.07, 6.45) is 0. The molecule has 0 amide bonds. The zero-order valence-electron chi connectivity index (χ0n) is 29.2. The average molecular weight is 694 g/mol. The Balaban J connectivity index is 1.15. The maximum atomic E-state index is 5.23. The average Bonchev–Trinajstić information content (AvgIpc) is 3.86. The SMILES string of the molecule is CC1(C)c2cccc3c2-c2c1ccc1c(-c4cccc5c(-c6nc(-c7ccccc7)[n+](-c7ccccc7)[n-]6)cccc45)cc4sc5cccc-3c5c4c21. The monoisotopic (exact) mass is 693 g/mol. The first-order chi connectivity index (χ1) is 26.1. The van der Waals surface area contributed by atoms with Crippen molar-refractivity contribution in [2.75, 3.05) is 0 Å². The molecule has 0 saturated heterocycles. The van der Waals surface area contributed by atoms with Crippen LogP contribution in [0, 0.1) is 0 Å². The summed E-state index contributed by atoms with van der Waals surface area (Å²) in [5, 5.41) is 13.0. The maximum Gasteiger partial charge on any atom is 0.132 e. The van der Waals surface area contributed by atoms with Crippen LogP contribution in [0.4, 0.5) is 0 Å². The number of fused-ring (bicyclic) bond motifs is 2. The molecule has 0 N–H and O–H groups in total. The third kappa shape index (κ3) is 3.83. The number of hydrogen-bond donors (Lipinski definition) is 0. The normalized spacial score (nSPS) is 13.6. The molecule has 0 aliphatic heterocycles. The van der Waals surface area contributed by atoms with E-state index in [0.717, 1.165) is 28.0 Å². The molecule has 12 rings (SSSR count). The quantitative estimate of drug-likeness (QED) is 0.172. The standard InChI is InChI=1S/C49H31N3S/c1-49(2)38-23-11-20-33-34-21-12-24-40-43(34)46-41(53-40)27-37(35-25-26-39(49)45(42(33)38)44(35)46)32-19-9-18-31-30(32)17-10-22-36(31)47-50-48(28-13-5-3-6-14-28)52(51-47)29-15-7-4-8-16-29/h3-27H,1-2H3. The van der Waals surface area contributed by atoms with E-state index in [2.05, 4.69) is 141 Å². The molecule has 10 aromatic rings. The summed E-state index contributed by atoms with van der Waals surface area (Å²) in [4.78, 5) is 5.23. The lowest BCUT2D eigenvalue weighted by Crippen LogP contribution is -2.36. The first-order valence-corrected chi connectivity index (χ1v) is 19.1. The van der Waals surface area contributed by atoms with Gasteiger partial charge >= 0.3 is 0 Å². The van der Waals surface area contributed by atoms with Gasteiger partial charge in [-0.2, -0.15) is 0 Å². The van der Waals surface area contributed by atoms with Crippen LogP contribution in [0.5, 0.6) is 0 Å². The number of benzene rings is 8. The van der Waals surface area contributed by atoms with Crippen molar-refractivity contribution in [2.24, 2.45) is 0 Å². The van der Waals surface area contributed by atoms with E-state index in [1.165, 1.54) is 80.8 Å². The van der Waals surface area contributed by atoms with Gasteiger partial charge in [-0.15, -0.1) is 11.3 Å². The number of thiophene rings is 1. The molecule has 0 unspecified atom stereocenters. The number of rotatable bonds is 4. The summed E-state index contributed by atoms with van der Waals surface area (Å²) in [6.45, 7) is 4.79. The Labute approximate surface area is 310 Å². The summed E-state index contributed by atoms with van der Waals surface area (Å²) in [5.41, 5.74) is 13.8. The van der Waals surface area contributed by atoms with Crippen molar-refractivity contribution >= 4 is 53.1 Å². The van der Waals surface area contributed by atoms with Crippen LogP contribution in [-0.2, 0) is 5.41 Å². The molecule has 248 valence electrons. The lowest BCUT2D eigenvalue weighted by Gasteiger charge is -2.22. The van der Waals surface area contributed by atoms with Gasteiger partial charge in [-0.3, -0.25) is 5.10 Å². The minimum atomic E-state index is -0.0816. The molecule has 4 heteroatoms. The van der Waals surface area contributed by atoms with Gasteiger partial charge in [0.2, 0.25) is 0 Å². The second kappa shape index (κ2) is 10.4. The van der Waals surface area contributed by atoms with E-state index in [1.54, 1.807) is 0 Å². The van der Waals surface area contributed by atoms with Crippen molar-refractivity contribution in [1.29, 1.82) is 0 Å². The number of nitrogens with zero attached hydrogens (tertiary/aromatic N) is 3. The van der Waals surface area contributed by atoms with Crippen LogP contribution in [0.25, 0.3) is 104 Å².